The van der Waals surface area contributed by atoms with Crippen molar-refractivity contribution in [1.29, 1.82) is 0 Å². The second-order valence-corrected chi connectivity index (χ2v) is 7.08. The Kier molecular flexibility index (Phi) is 7.70. The van der Waals surface area contributed by atoms with Crippen LogP contribution in [0.2, 0.25) is 5.02 Å². The maximum Gasteiger partial charge on any atom is 0.303 e. The van der Waals surface area contributed by atoms with E-state index in [4.69, 9.17) is 21.4 Å². The number of benzene rings is 1. The molecule has 0 fully saturated rings. The summed E-state index contributed by atoms with van der Waals surface area (Å²) >= 11 is 6.41. The molecule has 0 aliphatic heterocycles. The number of aryl methyl sites for hydroxylation is 1. The van der Waals surface area contributed by atoms with Gasteiger partial charge in [0.2, 0.25) is 0 Å². The molecule has 0 radical (unpaired) electrons. The number of aliphatic carboxylic acids is 1. The second kappa shape index (κ2) is 9.77. The summed E-state index contributed by atoms with van der Waals surface area (Å²) < 4.78 is 6.81. The zero-order valence-corrected chi connectivity index (χ0v) is 16.7. The van der Waals surface area contributed by atoms with E-state index in [-0.39, 0.29) is 6.42 Å². The summed E-state index contributed by atoms with van der Waals surface area (Å²) in [6.07, 6.45) is 2.12. The fraction of sp³-hybridized carbons (Fsp3) is 0.556. The van der Waals surface area contributed by atoms with E-state index < -0.39 is 11.5 Å². The van der Waals surface area contributed by atoms with Crippen molar-refractivity contribution < 1.29 is 14.6 Å². The van der Waals surface area contributed by atoms with E-state index in [0.29, 0.717) is 36.8 Å². The number of rotatable bonds is 11. The van der Waals surface area contributed by atoms with Crippen LogP contribution in [0.3, 0.4) is 0 Å². The molecule has 0 amide bonds. The van der Waals surface area contributed by atoms with Crippen LogP contribution in [0, 0.1) is 6.92 Å². The summed E-state index contributed by atoms with van der Waals surface area (Å²) in [5.74, 6) is -0.161. The number of aromatic nitrogens is 4. The number of carboxylic acid groups (broad SMARTS) is 1. The topological polar surface area (TPSA) is 102 Å². The van der Waals surface area contributed by atoms with Gasteiger partial charge in [0.05, 0.1) is 22.9 Å². The molecule has 1 aromatic heterocycles. The first-order chi connectivity index (χ1) is 12.9. The molecular formula is C18H26ClN5O3. The van der Waals surface area contributed by atoms with E-state index >= 15 is 0 Å². The minimum absolute atomic E-state index is 0.142. The van der Waals surface area contributed by atoms with Gasteiger partial charge in [-0.2, -0.15) is 4.68 Å². The fourth-order valence-electron chi connectivity index (χ4n) is 3.04. The first-order valence-corrected chi connectivity index (χ1v) is 9.27. The highest BCUT2D eigenvalue weighted by atomic mass is 35.5. The lowest BCUT2D eigenvalue weighted by atomic mass is 9.92. The average Bonchev–Trinajstić information content (AvgIpc) is 3.09. The van der Waals surface area contributed by atoms with Gasteiger partial charge in [-0.3, -0.25) is 4.79 Å². The molecule has 1 aromatic carbocycles. The van der Waals surface area contributed by atoms with Crippen molar-refractivity contribution in [2.75, 3.05) is 20.3 Å². The highest BCUT2D eigenvalue weighted by molar-refractivity contribution is 6.32. The molecule has 2 rings (SSSR count). The van der Waals surface area contributed by atoms with E-state index in [2.05, 4.69) is 20.8 Å². The van der Waals surface area contributed by atoms with Crippen LogP contribution in [0.5, 0.6) is 0 Å². The van der Waals surface area contributed by atoms with E-state index in [1.165, 1.54) is 0 Å². The number of nitrogens with zero attached hydrogens (tertiary/aromatic N) is 4. The predicted octanol–water partition coefficient (Wildman–Crippen LogP) is 2.72. The molecule has 0 saturated heterocycles. The number of hydrogen-bond donors (Lipinski definition) is 2. The molecule has 2 N–H and O–H groups in total. The van der Waals surface area contributed by atoms with Gasteiger partial charge in [0.1, 0.15) is 0 Å². The number of unbranched alkanes of at least 4 members (excludes halogenated alkanes) is 1. The number of halogens is 1. The Balaban J connectivity index is 2.33. The number of hydrogen-bond acceptors (Lipinski definition) is 6. The Morgan fingerprint density at radius 2 is 2.19 bits per heavy atom. The van der Waals surface area contributed by atoms with Gasteiger partial charge in [-0.15, -0.1) is 5.10 Å². The lowest BCUT2D eigenvalue weighted by Gasteiger charge is -2.30. The van der Waals surface area contributed by atoms with Crippen LogP contribution in [0.25, 0.3) is 5.69 Å². The van der Waals surface area contributed by atoms with Gasteiger partial charge in [-0.1, -0.05) is 30.2 Å². The summed E-state index contributed by atoms with van der Waals surface area (Å²) in [4.78, 5) is 10.8. The van der Waals surface area contributed by atoms with Crippen molar-refractivity contribution in [2.45, 2.75) is 45.1 Å². The van der Waals surface area contributed by atoms with E-state index in [1.807, 2.05) is 26.0 Å². The molecule has 2 aromatic rings. The smallest absolute Gasteiger partial charge is 0.303 e. The van der Waals surface area contributed by atoms with Crippen molar-refractivity contribution in [3.05, 3.63) is 34.6 Å². The van der Waals surface area contributed by atoms with Gasteiger partial charge in [-0.05, 0) is 48.7 Å². The normalized spacial score (nSPS) is 13.5. The van der Waals surface area contributed by atoms with Crippen LogP contribution in [-0.2, 0) is 15.1 Å². The van der Waals surface area contributed by atoms with Crippen LogP contribution < -0.4 is 5.32 Å². The van der Waals surface area contributed by atoms with Crippen molar-refractivity contribution in [3.8, 4) is 5.69 Å². The number of carbonyl (C=O) groups is 1. The van der Waals surface area contributed by atoms with Gasteiger partial charge in [0.15, 0.2) is 5.82 Å². The summed E-state index contributed by atoms with van der Waals surface area (Å²) in [5.41, 5.74) is 1.14. The van der Waals surface area contributed by atoms with Crippen molar-refractivity contribution in [2.24, 2.45) is 0 Å². The van der Waals surface area contributed by atoms with E-state index in [1.54, 1.807) is 17.9 Å². The fourth-order valence-corrected chi connectivity index (χ4v) is 3.34. The molecule has 9 heteroatoms. The number of ether oxygens (including phenoxy) is 1. The Morgan fingerprint density at radius 3 is 2.85 bits per heavy atom. The van der Waals surface area contributed by atoms with Crippen molar-refractivity contribution in [3.63, 3.8) is 0 Å². The molecule has 0 aliphatic carbocycles. The summed E-state index contributed by atoms with van der Waals surface area (Å²) in [7, 11) is 1.64. The Bertz CT molecular complexity index is 747. The molecular weight excluding hydrogens is 370 g/mol. The van der Waals surface area contributed by atoms with Gasteiger partial charge in [-0.25, -0.2) is 0 Å². The van der Waals surface area contributed by atoms with Gasteiger partial charge >= 0.3 is 5.97 Å². The van der Waals surface area contributed by atoms with Crippen molar-refractivity contribution in [1.82, 2.24) is 25.5 Å². The van der Waals surface area contributed by atoms with E-state index in [0.717, 1.165) is 17.7 Å². The van der Waals surface area contributed by atoms with Crippen LogP contribution in [-0.4, -0.2) is 51.5 Å². The zero-order chi connectivity index (χ0) is 19.9. The molecule has 0 saturated carbocycles. The van der Waals surface area contributed by atoms with Gasteiger partial charge in [0, 0.05) is 20.1 Å². The monoisotopic (exact) mass is 395 g/mol. The predicted molar refractivity (Wildman–Crippen MR) is 102 cm³/mol. The highest BCUT2D eigenvalue weighted by Crippen LogP contribution is 2.30. The quantitative estimate of drug-likeness (QED) is 0.564. The Hall–Kier alpha value is -2.03. The molecule has 1 atom stereocenters. The maximum atomic E-state index is 10.8. The zero-order valence-electron chi connectivity index (χ0n) is 15.9. The summed E-state index contributed by atoms with van der Waals surface area (Å²) in [5, 5.41) is 25.2. The average molecular weight is 396 g/mol. The molecule has 0 aliphatic rings. The minimum Gasteiger partial charge on any atom is -0.481 e. The number of carboxylic acids is 1. The lowest BCUT2D eigenvalue weighted by Crippen LogP contribution is -2.43. The maximum absolute atomic E-state index is 10.8. The van der Waals surface area contributed by atoms with Crippen LogP contribution in [0.15, 0.2) is 18.2 Å². The number of tetrazole rings is 1. The van der Waals surface area contributed by atoms with Crippen molar-refractivity contribution >= 4 is 17.6 Å². The second-order valence-electron chi connectivity index (χ2n) is 6.67. The number of methoxy groups -OCH3 is 1. The highest BCUT2D eigenvalue weighted by Gasteiger charge is 2.33. The third kappa shape index (κ3) is 5.47. The molecule has 0 bridgehead atoms. The summed E-state index contributed by atoms with van der Waals surface area (Å²) in [6, 6.07) is 5.64. The molecule has 8 nitrogen and oxygen atoms in total. The summed E-state index contributed by atoms with van der Waals surface area (Å²) in [6.45, 7) is 5.12. The third-order valence-electron chi connectivity index (χ3n) is 4.50. The van der Waals surface area contributed by atoms with Gasteiger partial charge in [0.25, 0.3) is 0 Å². The largest absolute Gasteiger partial charge is 0.481 e. The molecule has 27 heavy (non-hydrogen) atoms. The molecule has 1 heterocycles. The first-order valence-electron chi connectivity index (χ1n) is 8.89. The SMILES string of the molecule is COCCNC(C)(CCCCC(=O)O)c1nnnn1-c1c(C)cccc1Cl. The van der Waals surface area contributed by atoms with Crippen LogP contribution in [0.1, 0.15) is 44.0 Å². The first kappa shape index (κ1) is 21.3. The Labute approximate surface area is 163 Å². The van der Waals surface area contributed by atoms with E-state index in [9.17, 15) is 4.79 Å². The Morgan fingerprint density at radius 1 is 1.41 bits per heavy atom. The molecule has 1 unspecified atom stereocenters. The van der Waals surface area contributed by atoms with Crippen LogP contribution >= 0.6 is 11.6 Å². The molecule has 0 spiro atoms. The lowest BCUT2D eigenvalue weighted by molar-refractivity contribution is -0.137. The number of nitrogens with one attached hydrogen (secondary N) is 1. The minimum atomic E-state index is -0.791. The standard InChI is InChI=1S/C18H26ClN5O3/c1-13-7-6-8-14(19)16(13)24-17(21-22-23-24)18(2,20-11-12-27-3)10-5-4-9-15(25)26/h6-8,20H,4-5,9-12H2,1-3H3,(H,25,26). The van der Waals surface area contributed by atoms with Gasteiger partial charge < -0.3 is 15.2 Å². The molecule has 148 valence electrons. The number of para-hydroxylation sites is 1. The third-order valence-corrected chi connectivity index (χ3v) is 4.81. The van der Waals surface area contributed by atoms with Crippen LogP contribution in [0.4, 0.5) is 0 Å².